The fraction of sp³-hybridized carbons (Fsp3) is 0.214. The second-order valence-corrected chi connectivity index (χ2v) is 3.99. The highest BCUT2D eigenvalue weighted by molar-refractivity contribution is 4.97. The molecule has 0 fully saturated rings. The van der Waals surface area contributed by atoms with Crippen LogP contribution in [0.1, 0.15) is 17.0 Å². The summed E-state index contributed by atoms with van der Waals surface area (Å²) in [5.74, 6) is 0.822. The van der Waals surface area contributed by atoms with Crippen LogP contribution in [0.25, 0.3) is 0 Å². The molecule has 3 rings (SSSR count). The third-order valence-corrected chi connectivity index (χ3v) is 2.02. The Hall–Kier alpha value is -2.63. The second kappa shape index (κ2) is 9.32. The van der Waals surface area contributed by atoms with E-state index in [0.717, 1.165) is 11.4 Å². The van der Waals surface area contributed by atoms with Crippen molar-refractivity contribution in [1.29, 1.82) is 0 Å². The van der Waals surface area contributed by atoms with Gasteiger partial charge >= 0.3 is 0 Å². The molecule has 0 saturated carbocycles. The molecule has 0 aliphatic rings. The fourth-order valence-corrected chi connectivity index (χ4v) is 1.06. The summed E-state index contributed by atoms with van der Waals surface area (Å²) in [6, 6.07) is 1.80. The number of rotatable bonds is 0. The van der Waals surface area contributed by atoms with Gasteiger partial charge in [-0.05, 0) is 38.0 Å². The van der Waals surface area contributed by atoms with Crippen LogP contribution in [0.3, 0.4) is 0 Å². The quantitative estimate of drug-likeness (QED) is 0.678. The van der Waals surface area contributed by atoms with E-state index in [0.29, 0.717) is 0 Å². The van der Waals surface area contributed by atoms with E-state index in [4.69, 9.17) is 0 Å². The number of aryl methyl sites for hydroxylation is 3. The van der Waals surface area contributed by atoms with Crippen molar-refractivity contribution >= 4 is 0 Å². The summed E-state index contributed by atoms with van der Waals surface area (Å²) in [7, 11) is 0. The van der Waals surface area contributed by atoms with Crippen LogP contribution in [0.5, 0.6) is 0 Å². The van der Waals surface area contributed by atoms with E-state index in [-0.39, 0.29) is 0 Å². The summed E-state index contributed by atoms with van der Waals surface area (Å²) in [5.41, 5.74) is 2.28. The Labute approximate surface area is 118 Å². The maximum absolute atomic E-state index is 3.87. The number of hydrogen-bond donors (Lipinski definition) is 1. The topological polar surface area (TPSA) is 80.2 Å². The molecular weight excluding hydrogens is 252 g/mol. The van der Waals surface area contributed by atoms with Crippen LogP contribution in [0.2, 0.25) is 0 Å². The van der Waals surface area contributed by atoms with Crippen LogP contribution in [0.4, 0.5) is 0 Å². The zero-order valence-corrected chi connectivity index (χ0v) is 11.9. The molecule has 1 N–H and O–H groups in total. The minimum atomic E-state index is 0.822. The molecular formula is C14H18N6. The summed E-state index contributed by atoms with van der Waals surface area (Å²) in [6.45, 7) is 5.81. The Balaban J connectivity index is 0.000000151. The van der Waals surface area contributed by atoms with Gasteiger partial charge in [0.25, 0.3) is 0 Å². The highest BCUT2D eigenvalue weighted by Gasteiger charge is 1.75. The Bertz CT molecular complexity index is 513. The zero-order chi connectivity index (χ0) is 14.6. The number of aromatic nitrogens is 6. The number of nitrogens with one attached hydrogen (secondary N) is 1. The Morgan fingerprint density at radius 2 is 1.50 bits per heavy atom. The van der Waals surface area contributed by atoms with Crippen LogP contribution in [-0.4, -0.2) is 30.1 Å². The third-order valence-electron chi connectivity index (χ3n) is 2.02. The van der Waals surface area contributed by atoms with E-state index in [9.17, 15) is 0 Å². The van der Waals surface area contributed by atoms with Crippen molar-refractivity contribution in [3.63, 3.8) is 0 Å². The van der Waals surface area contributed by atoms with E-state index in [2.05, 4.69) is 30.1 Å². The molecule has 6 nitrogen and oxygen atoms in total. The third kappa shape index (κ3) is 7.65. The Kier molecular flexibility index (Phi) is 7.19. The zero-order valence-electron chi connectivity index (χ0n) is 11.9. The maximum atomic E-state index is 3.87. The lowest BCUT2D eigenvalue weighted by molar-refractivity contribution is 1.05. The van der Waals surface area contributed by atoms with E-state index in [1.54, 1.807) is 37.1 Å². The summed E-state index contributed by atoms with van der Waals surface area (Å²) in [6.07, 6.45) is 12.1. The van der Waals surface area contributed by atoms with Crippen molar-refractivity contribution in [2.45, 2.75) is 20.8 Å². The predicted molar refractivity (Wildman–Crippen MR) is 76.9 cm³/mol. The van der Waals surface area contributed by atoms with Crippen molar-refractivity contribution in [1.82, 2.24) is 30.1 Å². The van der Waals surface area contributed by atoms with E-state index < -0.39 is 0 Å². The number of aromatic amines is 1. The van der Waals surface area contributed by atoms with Gasteiger partial charge in [-0.1, -0.05) is 0 Å². The molecule has 0 radical (unpaired) electrons. The summed E-state index contributed by atoms with van der Waals surface area (Å²) in [4.78, 5) is 15.3. The van der Waals surface area contributed by atoms with Gasteiger partial charge in [0.15, 0.2) is 0 Å². The minimum absolute atomic E-state index is 0.822. The smallest absolute Gasteiger partial charge is 0.125 e. The van der Waals surface area contributed by atoms with Gasteiger partial charge in [-0.3, -0.25) is 5.10 Å². The first kappa shape index (κ1) is 15.4. The lowest BCUT2D eigenvalue weighted by atomic mass is 10.4. The molecule has 0 spiro atoms. The molecule has 104 valence electrons. The molecule has 3 heterocycles. The Morgan fingerprint density at radius 3 is 1.75 bits per heavy atom. The first-order valence-electron chi connectivity index (χ1n) is 6.09. The van der Waals surface area contributed by atoms with Gasteiger partial charge in [0.1, 0.15) is 12.2 Å². The van der Waals surface area contributed by atoms with Crippen LogP contribution in [-0.2, 0) is 0 Å². The fourth-order valence-electron chi connectivity index (χ4n) is 1.06. The number of H-pyrrole nitrogens is 1. The standard InChI is InChI=1S/2C5H6N2.C4H6N2/c1-5-2-6-4-7-3-5;1-5-6-3-2-4-7-5;1-4-2-5-6-3-4/h2*2-4H,1H3;2-3H,1H3,(H,5,6). The average molecular weight is 270 g/mol. The largest absolute Gasteiger partial charge is 0.285 e. The molecule has 6 heteroatoms. The molecule has 20 heavy (non-hydrogen) atoms. The Morgan fingerprint density at radius 1 is 0.850 bits per heavy atom. The lowest BCUT2D eigenvalue weighted by Crippen LogP contribution is -1.80. The van der Waals surface area contributed by atoms with E-state index in [1.165, 1.54) is 11.9 Å². The van der Waals surface area contributed by atoms with Gasteiger partial charge in [-0.2, -0.15) is 5.10 Å². The minimum Gasteiger partial charge on any atom is -0.285 e. The van der Waals surface area contributed by atoms with Crippen molar-refractivity contribution < 1.29 is 0 Å². The predicted octanol–water partition coefficient (Wildman–Crippen LogP) is 2.29. The van der Waals surface area contributed by atoms with Crippen molar-refractivity contribution in [2.75, 3.05) is 0 Å². The van der Waals surface area contributed by atoms with E-state index >= 15 is 0 Å². The van der Waals surface area contributed by atoms with Gasteiger partial charge in [0.2, 0.25) is 0 Å². The molecule has 3 aromatic heterocycles. The monoisotopic (exact) mass is 270 g/mol. The molecule has 0 atom stereocenters. The number of nitrogens with zero attached hydrogens (tertiary/aromatic N) is 5. The molecule has 0 bridgehead atoms. The van der Waals surface area contributed by atoms with Crippen LogP contribution in [0.15, 0.2) is 49.6 Å². The summed E-state index contributed by atoms with van der Waals surface area (Å²) >= 11 is 0. The van der Waals surface area contributed by atoms with Gasteiger partial charge in [0.05, 0.1) is 6.20 Å². The number of hydrogen-bond acceptors (Lipinski definition) is 5. The van der Waals surface area contributed by atoms with Gasteiger partial charge in [0, 0.05) is 31.0 Å². The molecule has 3 aromatic rings. The summed E-state index contributed by atoms with van der Waals surface area (Å²) < 4.78 is 0. The summed E-state index contributed by atoms with van der Waals surface area (Å²) in [5, 5.41) is 6.38. The van der Waals surface area contributed by atoms with Crippen molar-refractivity contribution in [3.8, 4) is 0 Å². The van der Waals surface area contributed by atoms with Gasteiger partial charge in [-0.25, -0.2) is 19.9 Å². The first-order valence-corrected chi connectivity index (χ1v) is 6.09. The lowest BCUT2D eigenvalue weighted by Gasteiger charge is -1.81. The molecule has 0 aromatic carbocycles. The van der Waals surface area contributed by atoms with Gasteiger partial charge in [-0.15, -0.1) is 0 Å². The van der Waals surface area contributed by atoms with Crippen LogP contribution < -0.4 is 0 Å². The second-order valence-electron chi connectivity index (χ2n) is 3.99. The van der Waals surface area contributed by atoms with E-state index in [1.807, 2.05) is 27.0 Å². The average Bonchev–Trinajstić information content (AvgIpc) is 2.93. The molecule has 0 unspecified atom stereocenters. The molecule has 0 amide bonds. The highest BCUT2D eigenvalue weighted by Crippen LogP contribution is 1.84. The normalized spacial score (nSPS) is 8.75. The first-order chi connectivity index (χ1) is 9.68. The van der Waals surface area contributed by atoms with Crippen molar-refractivity contribution in [2.24, 2.45) is 0 Å². The van der Waals surface area contributed by atoms with Gasteiger partial charge < -0.3 is 0 Å². The highest BCUT2D eigenvalue weighted by atomic mass is 15.1. The van der Waals surface area contributed by atoms with Crippen LogP contribution in [0, 0.1) is 20.8 Å². The van der Waals surface area contributed by atoms with Crippen molar-refractivity contribution in [3.05, 3.63) is 66.5 Å². The SMILES string of the molecule is Cc1cn[nH]c1.Cc1cncnc1.Cc1ncccn1. The molecule has 0 saturated heterocycles. The van der Waals surface area contributed by atoms with Crippen LogP contribution >= 0.6 is 0 Å². The molecule has 0 aliphatic heterocycles. The maximum Gasteiger partial charge on any atom is 0.125 e. The molecule has 0 aliphatic carbocycles.